The van der Waals surface area contributed by atoms with Gasteiger partial charge in [0.15, 0.2) is 18.1 Å². The lowest BCUT2D eigenvalue weighted by Gasteiger charge is -2.28. The molecule has 0 saturated carbocycles. The summed E-state index contributed by atoms with van der Waals surface area (Å²) in [4.78, 5) is 37.3. The summed E-state index contributed by atoms with van der Waals surface area (Å²) in [5.41, 5.74) is 5.33. The van der Waals surface area contributed by atoms with Crippen LogP contribution >= 0.6 is 31.9 Å². The Kier molecular flexibility index (Phi) is 11.4. The Hall–Kier alpha value is -4.36. The third kappa shape index (κ3) is 8.60. The number of hydrazone groups is 1. The minimum Gasteiger partial charge on any atom is -0.493 e. The van der Waals surface area contributed by atoms with Gasteiger partial charge in [0.25, 0.3) is 5.91 Å². The van der Waals surface area contributed by atoms with E-state index in [9.17, 15) is 14.4 Å². The molecule has 0 radical (unpaired) electrons. The van der Waals surface area contributed by atoms with E-state index in [4.69, 9.17) is 18.9 Å². The van der Waals surface area contributed by atoms with Crippen LogP contribution in [0.15, 0.2) is 86.0 Å². The second-order valence-corrected chi connectivity index (χ2v) is 11.2. The summed E-state index contributed by atoms with van der Waals surface area (Å²) in [6.07, 6.45) is 1.49. The number of halogens is 2. The van der Waals surface area contributed by atoms with Crippen LogP contribution in [0.25, 0.3) is 0 Å². The number of rotatable bonds is 12. The number of amides is 3. The molecule has 13 heteroatoms. The summed E-state index contributed by atoms with van der Waals surface area (Å²) in [5.74, 6) is 0.119. The summed E-state index contributed by atoms with van der Waals surface area (Å²) in [6, 6.07) is 17.0. The molecule has 1 aliphatic rings. The van der Waals surface area contributed by atoms with Gasteiger partial charge < -0.3 is 29.6 Å². The highest BCUT2D eigenvalue weighted by Gasteiger charge is 2.32. The Morgan fingerprint density at radius 3 is 2.43 bits per heavy atom. The number of benzene rings is 3. The van der Waals surface area contributed by atoms with E-state index in [-0.39, 0.29) is 24.5 Å². The van der Waals surface area contributed by atoms with E-state index in [2.05, 4.69) is 53.0 Å². The van der Waals surface area contributed by atoms with Crippen molar-refractivity contribution in [1.29, 1.82) is 0 Å². The zero-order valence-corrected chi connectivity index (χ0v) is 27.3. The van der Waals surface area contributed by atoms with Gasteiger partial charge in [-0.3, -0.25) is 4.79 Å². The van der Waals surface area contributed by atoms with Crippen molar-refractivity contribution >= 4 is 56.0 Å². The molecule has 0 aliphatic carbocycles. The summed E-state index contributed by atoms with van der Waals surface area (Å²) >= 11 is 6.87. The average Bonchev–Trinajstić information content (AvgIpc) is 3.00. The number of hydrogen-bond acceptors (Lipinski definition) is 8. The highest BCUT2D eigenvalue weighted by molar-refractivity contribution is 9.10. The van der Waals surface area contributed by atoms with E-state index >= 15 is 0 Å². The van der Waals surface area contributed by atoms with Crippen LogP contribution in [0.5, 0.6) is 17.2 Å². The summed E-state index contributed by atoms with van der Waals surface area (Å²) in [5, 5.41) is 9.39. The molecule has 11 nitrogen and oxygen atoms in total. The van der Waals surface area contributed by atoms with Crippen LogP contribution < -0.4 is 30.3 Å². The third-order valence-electron chi connectivity index (χ3n) is 6.32. The van der Waals surface area contributed by atoms with Gasteiger partial charge >= 0.3 is 12.0 Å². The molecular weight excluding hydrogens is 700 g/mol. The van der Waals surface area contributed by atoms with Crippen LogP contribution in [0.4, 0.5) is 4.79 Å². The van der Waals surface area contributed by atoms with Crippen molar-refractivity contribution in [2.24, 2.45) is 5.10 Å². The molecule has 0 bridgehead atoms. The average molecular weight is 730 g/mol. The molecule has 3 amide bonds. The lowest BCUT2D eigenvalue weighted by Crippen LogP contribution is -2.45. The van der Waals surface area contributed by atoms with Gasteiger partial charge in [-0.15, -0.1) is 0 Å². The maximum Gasteiger partial charge on any atom is 0.338 e. The fraction of sp³-hybridized carbons (Fsp3) is 0.226. The largest absolute Gasteiger partial charge is 0.493 e. The number of urea groups is 1. The van der Waals surface area contributed by atoms with Gasteiger partial charge in [-0.1, -0.05) is 50.1 Å². The number of hydrogen-bond donors (Lipinski definition) is 3. The standard InChI is InChI=1S/C31H30Br2N4O7/c1-4-42-30(39)28-18(2)35-31(40)36-29(28)20-7-11-25(26(14-20)41-3)44-17-27(38)37-34-15-21-13-23(33)10-12-24(21)43-16-19-5-8-22(32)9-6-19/h5-15,29H,4,16-17H2,1-3H3,(H,37,38)(H2,35,36,40)/b34-15-/t29-/m1/s1. The molecule has 3 N–H and O–H groups in total. The van der Waals surface area contributed by atoms with Gasteiger partial charge in [0, 0.05) is 20.2 Å². The van der Waals surface area contributed by atoms with Crippen LogP contribution in [-0.4, -0.2) is 44.4 Å². The maximum absolute atomic E-state index is 12.6. The fourth-order valence-electron chi connectivity index (χ4n) is 4.25. The van der Waals surface area contributed by atoms with E-state index in [1.165, 1.54) is 13.3 Å². The zero-order valence-electron chi connectivity index (χ0n) is 24.1. The highest BCUT2D eigenvalue weighted by Crippen LogP contribution is 2.34. The Balaban J connectivity index is 1.39. The smallest absolute Gasteiger partial charge is 0.338 e. The molecule has 1 aliphatic heterocycles. The molecule has 3 aromatic rings. The molecule has 1 atom stereocenters. The monoisotopic (exact) mass is 728 g/mol. The van der Waals surface area contributed by atoms with Crippen molar-refractivity contribution in [3.63, 3.8) is 0 Å². The number of ether oxygens (including phenoxy) is 4. The lowest BCUT2D eigenvalue weighted by atomic mass is 9.95. The van der Waals surface area contributed by atoms with Crippen molar-refractivity contribution in [3.8, 4) is 17.2 Å². The lowest BCUT2D eigenvalue weighted by molar-refractivity contribution is -0.139. The first-order valence-electron chi connectivity index (χ1n) is 13.4. The first kappa shape index (κ1) is 32.6. The van der Waals surface area contributed by atoms with Crippen molar-refractivity contribution in [2.75, 3.05) is 20.3 Å². The van der Waals surface area contributed by atoms with Crippen LogP contribution in [-0.2, 0) is 20.9 Å². The van der Waals surface area contributed by atoms with Gasteiger partial charge in [0.05, 0.1) is 31.5 Å². The van der Waals surface area contributed by atoms with Crippen molar-refractivity contribution in [3.05, 3.63) is 97.6 Å². The highest BCUT2D eigenvalue weighted by atomic mass is 79.9. The summed E-state index contributed by atoms with van der Waals surface area (Å²) < 4.78 is 24.1. The summed E-state index contributed by atoms with van der Waals surface area (Å²) in [6.45, 7) is 3.52. The topological polar surface area (TPSA) is 137 Å². The molecule has 44 heavy (non-hydrogen) atoms. The maximum atomic E-state index is 12.6. The fourth-order valence-corrected chi connectivity index (χ4v) is 4.89. The summed E-state index contributed by atoms with van der Waals surface area (Å²) in [7, 11) is 1.44. The van der Waals surface area contributed by atoms with E-state index in [1.807, 2.05) is 42.5 Å². The quantitative estimate of drug-likeness (QED) is 0.127. The second kappa shape index (κ2) is 15.4. The van der Waals surface area contributed by atoms with Crippen LogP contribution in [0.2, 0.25) is 0 Å². The Labute approximate surface area is 271 Å². The molecule has 0 aromatic heterocycles. The number of nitrogens with one attached hydrogen (secondary N) is 3. The molecule has 0 unspecified atom stereocenters. The van der Waals surface area contributed by atoms with Crippen molar-refractivity contribution in [1.82, 2.24) is 16.1 Å². The van der Waals surface area contributed by atoms with Gasteiger partial charge in [0.2, 0.25) is 0 Å². The van der Waals surface area contributed by atoms with E-state index in [0.29, 0.717) is 34.9 Å². The van der Waals surface area contributed by atoms with E-state index < -0.39 is 23.9 Å². The molecule has 0 spiro atoms. The number of carbonyl (C=O) groups is 3. The Bertz CT molecular complexity index is 1590. The molecular formula is C31H30Br2N4O7. The molecule has 1 heterocycles. The predicted molar refractivity (Wildman–Crippen MR) is 171 cm³/mol. The number of esters is 1. The Morgan fingerprint density at radius 2 is 1.70 bits per heavy atom. The van der Waals surface area contributed by atoms with E-state index in [1.54, 1.807) is 32.0 Å². The van der Waals surface area contributed by atoms with Crippen molar-refractivity contribution in [2.45, 2.75) is 26.5 Å². The number of allylic oxidation sites excluding steroid dienone is 1. The molecule has 0 fully saturated rings. The zero-order chi connectivity index (χ0) is 31.6. The van der Waals surface area contributed by atoms with Gasteiger partial charge in [0.1, 0.15) is 12.4 Å². The van der Waals surface area contributed by atoms with Crippen LogP contribution in [0.1, 0.15) is 36.6 Å². The second-order valence-electron chi connectivity index (χ2n) is 9.38. The van der Waals surface area contributed by atoms with E-state index in [0.717, 1.165) is 14.5 Å². The number of methoxy groups -OCH3 is 1. The first-order chi connectivity index (χ1) is 21.2. The van der Waals surface area contributed by atoms with Gasteiger partial charge in [-0.05, 0) is 67.4 Å². The predicted octanol–water partition coefficient (Wildman–Crippen LogP) is 5.52. The van der Waals surface area contributed by atoms with Crippen LogP contribution in [0, 0.1) is 0 Å². The minimum atomic E-state index is -0.773. The molecule has 3 aromatic carbocycles. The Morgan fingerprint density at radius 1 is 0.977 bits per heavy atom. The SMILES string of the molecule is CCOC(=O)C1=C(C)NC(=O)N[C@@H]1c1ccc(OCC(=O)N/N=C\c2cc(Br)ccc2OCc2ccc(Br)cc2)c(OC)c1. The first-order valence-corrected chi connectivity index (χ1v) is 15.0. The van der Waals surface area contributed by atoms with Gasteiger partial charge in [-0.25, -0.2) is 15.0 Å². The molecule has 4 rings (SSSR count). The number of carbonyl (C=O) groups excluding carboxylic acids is 3. The minimum absolute atomic E-state index is 0.184. The van der Waals surface area contributed by atoms with Gasteiger partial charge in [-0.2, -0.15) is 5.10 Å². The third-order valence-corrected chi connectivity index (χ3v) is 7.34. The molecule has 0 saturated heterocycles. The van der Waals surface area contributed by atoms with Crippen LogP contribution in [0.3, 0.4) is 0 Å². The molecule has 230 valence electrons. The number of nitrogens with zero attached hydrogens (tertiary/aromatic N) is 1. The normalized spacial score (nSPS) is 14.5. The van der Waals surface area contributed by atoms with Crippen molar-refractivity contribution < 1.29 is 33.3 Å².